The molecule has 0 radical (unpaired) electrons. The van der Waals surface area contributed by atoms with E-state index in [-0.39, 0.29) is 0 Å². The molecule has 0 atom stereocenters. The molecule has 2 N–H and O–H groups in total. The highest BCUT2D eigenvalue weighted by atomic mass is 16.5. The van der Waals surface area contributed by atoms with Crippen LogP contribution in [0.2, 0.25) is 0 Å². The third-order valence-corrected chi connectivity index (χ3v) is 3.99. The van der Waals surface area contributed by atoms with Crippen molar-refractivity contribution in [1.82, 2.24) is 4.90 Å². The van der Waals surface area contributed by atoms with Gasteiger partial charge in [0.15, 0.2) is 0 Å². The molecule has 0 bridgehead atoms. The molecular weight excluding hydrogens is 260 g/mol. The molecule has 0 saturated carbocycles. The SMILES string of the molecule is CCOc1ccc(N)cc1CN1CCc2ccccc2C1. The van der Waals surface area contributed by atoms with Gasteiger partial charge in [-0.25, -0.2) is 0 Å². The van der Waals surface area contributed by atoms with Crippen LogP contribution in [0.3, 0.4) is 0 Å². The summed E-state index contributed by atoms with van der Waals surface area (Å²) in [6.45, 7) is 5.65. The summed E-state index contributed by atoms with van der Waals surface area (Å²) in [6.07, 6.45) is 1.11. The molecule has 1 aliphatic rings. The Labute approximate surface area is 126 Å². The monoisotopic (exact) mass is 282 g/mol. The number of anilines is 1. The Hall–Kier alpha value is -2.00. The summed E-state index contributed by atoms with van der Waals surface area (Å²) in [5, 5.41) is 0. The Kier molecular flexibility index (Phi) is 4.11. The summed E-state index contributed by atoms with van der Waals surface area (Å²) < 4.78 is 5.72. The predicted molar refractivity (Wildman–Crippen MR) is 86.3 cm³/mol. The van der Waals surface area contributed by atoms with E-state index >= 15 is 0 Å². The number of fused-ring (bicyclic) bond motifs is 1. The Balaban J connectivity index is 1.77. The summed E-state index contributed by atoms with van der Waals surface area (Å²) in [7, 11) is 0. The van der Waals surface area contributed by atoms with Gasteiger partial charge in [-0.3, -0.25) is 4.90 Å². The number of ether oxygens (including phenoxy) is 1. The van der Waals surface area contributed by atoms with Crippen molar-refractivity contribution in [3.05, 3.63) is 59.2 Å². The van der Waals surface area contributed by atoms with Crippen LogP contribution in [0.1, 0.15) is 23.6 Å². The molecule has 2 aromatic carbocycles. The van der Waals surface area contributed by atoms with Gasteiger partial charge in [0.1, 0.15) is 5.75 Å². The molecule has 0 aliphatic carbocycles. The summed E-state index contributed by atoms with van der Waals surface area (Å²) in [4.78, 5) is 2.46. The van der Waals surface area contributed by atoms with Crippen molar-refractivity contribution in [2.24, 2.45) is 0 Å². The standard InChI is InChI=1S/C18H22N2O/c1-2-21-18-8-7-17(19)11-16(18)13-20-10-9-14-5-3-4-6-15(14)12-20/h3-8,11H,2,9-10,12-13,19H2,1H3. The van der Waals surface area contributed by atoms with E-state index in [1.807, 2.05) is 25.1 Å². The number of rotatable bonds is 4. The highest BCUT2D eigenvalue weighted by Crippen LogP contribution is 2.26. The maximum Gasteiger partial charge on any atom is 0.123 e. The number of nitrogens with two attached hydrogens (primary N) is 1. The van der Waals surface area contributed by atoms with Gasteiger partial charge in [0.05, 0.1) is 6.61 Å². The zero-order valence-electron chi connectivity index (χ0n) is 12.5. The molecule has 0 unspecified atom stereocenters. The van der Waals surface area contributed by atoms with Crippen LogP contribution in [0.4, 0.5) is 5.69 Å². The first-order chi connectivity index (χ1) is 10.3. The number of nitrogens with zero attached hydrogens (tertiary/aromatic N) is 1. The van der Waals surface area contributed by atoms with Gasteiger partial charge >= 0.3 is 0 Å². The largest absolute Gasteiger partial charge is 0.494 e. The van der Waals surface area contributed by atoms with Crippen molar-refractivity contribution in [3.8, 4) is 5.75 Å². The first kappa shape index (κ1) is 14.0. The summed E-state index contributed by atoms with van der Waals surface area (Å²) >= 11 is 0. The van der Waals surface area contributed by atoms with Gasteiger partial charge in [0.2, 0.25) is 0 Å². The van der Waals surface area contributed by atoms with E-state index < -0.39 is 0 Å². The van der Waals surface area contributed by atoms with E-state index in [9.17, 15) is 0 Å². The fourth-order valence-corrected chi connectivity index (χ4v) is 2.95. The lowest BCUT2D eigenvalue weighted by Gasteiger charge is -2.29. The van der Waals surface area contributed by atoms with Crippen LogP contribution in [-0.4, -0.2) is 18.1 Å². The number of benzene rings is 2. The van der Waals surface area contributed by atoms with Gasteiger partial charge in [-0.05, 0) is 42.7 Å². The second-order valence-corrected chi connectivity index (χ2v) is 5.53. The number of hydrogen-bond donors (Lipinski definition) is 1. The first-order valence-corrected chi connectivity index (χ1v) is 7.56. The second-order valence-electron chi connectivity index (χ2n) is 5.53. The van der Waals surface area contributed by atoms with Crippen LogP contribution in [0.25, 0.3) is 0 Å². The van der Waals surface area contributed by atoms with Crippen LogP contribution in [-0.2, 0) is 19.5 Å². The molecule has 110 valence electrons. The van der Waals surface area contributed by atoms with Crippen LogP contribution in [0, 0.1) is 0 Å². The van der Waals surface area contributed by atoms with Gasteiger partial charge < -0.3 is 10.5 Å². The first-order valence-electron chi connectivity index (χ1n) is 7.56. The molecular formula is C18H22N2O. The zero-order chi connectivity index (χ0) is 14.7. The van der Waals surface area contributed by atoms with Crippen LogP contribution < -0.4 is 10.5 Å². The van der Waals surface area contributed by atoms with E-state index in [1.54, 1.807) is 0 Å². The Morgan fingerprint density at radius 2 is 1.95 bits per heavy atom. The molecule has 0 amide bonds. The smallest absolute Gasteiger partial charge is 0.123 e. The third-order valence-electron chi connectivity index (χ3n) is 3.99. The minimum atomic E-state index is 0.680. The number of hydrogen-bond acceptors (Lipinski definition) is 3. The third kappa shape index (κ3) is 3.19. The predicted octanol–water partition coefficient (Wildman–Crippen LogP) is 3.23. The van der Waals surface area contributed by atoms with E-state index in [0.29, 0.717) is 6.61 Å². The molecule has 0 fully saturated rings. The highest BCUT2D eigenvalue weighted by molar-refractivity contribution is 5.48. The molecule has 21 heavy (non-hydrogen) atoms. The van der Waals surface area contributed by atoms with Crippen molar-refractivity contribution >= 4 is 5.69 Å². The molecule has 3 nitrogen and oxygen atoms in total. The van der Waals surface area contributed by atoms with Gasteiger partial charge in [0, 0.05) is 30.9 Å². The topological polar surface area (TPSA) is 38.5 Å². The minimum absolute atomic E-state index is 0.680. The average molecular weight is 282 g/mol. The van der Waals surface area contributed by atoms with Gasteiger partial charge in [-0.2, -0.15) is 0 Å². The van der Waals surface area contributed by atoms with Crippen LogP contribution in [0.5, 0.6) is 5.75 Å². The van der Waals surface area contributed by atoms with Gasteiger partial charge in [0.25, 0.3) is 0 Å². The molecule has 3 heteroatoms. The molecule has 0 spiro atoms. The maximum absolute atomic E-state index is 5.93. The molecule has 1 aliphatic heterocycles. The minimum Gasteiger partial charge on any atom is -0.494 e. The van der Waals surface area contributed by atoms with E-state index in [1.165, 1.54) is 16.7 Å². The molecule has 1 heterocycles. The maximum atomic E-state index is 5.93. The van der Waals surface area contributed by atoms with E-state index in [2.05, 4.69) is 29.2 Å². The van der Waals surface area contributed by atoms with Crippen LogP contribution >= 0.6 is 0 Å². The number of nitrogen functional groups attached to an aromatic ring is 1. The van der Waals surface area contributed by atoms with E-state index in [4.69, 9.17) is 10.5 Å². The Morgan fingerprint density at radius 1 is 1.14 bits per heavy atom. The zero-order valence-corrected chi connectivity index (χ0v) is 12.5. The van der Waals surface area contributed by atoms with Crippen molar-refractivity contribution in [3.63, 3.8) is 0 Å². The van der Waals surface area contributed by atoms with Crippen molar-refractivity contribution in [2.75, 3.05) is 18.9 Å². The Bertz CT molecular complexity index is 624. The van der Waals surface area contributed by atoms with Gasteiger partial charge in [-0.15, -0.1) is 0 Å². The molecule has 2 aromatic rings. The van der Waals surface area contributed by atoms with E-state index in [0.717, 1.165) is 37.5 Å². The summed E-state index contributed by atoms with van der Waals surface area (Å²) in [5.41, 5.74) is 10.8. The quantitative estimate of drug-likeness (QED) is 0.875. The molecule has 3 rings (SSSR count). The molecule has 0 saturated heterocycles. The summed E-state index contributed by atoms with van der Waals surface area (Å²) in [5.74, 6) is 0.950. The lowest BCUT2D eigenvalue weighted by atomic mass is 9.99. The fraction of sp³-hybridized carbons (Fsp3) is 0.333. The average Bonchev–Trinajstić information content (AvgIpc) is 2.50. The fourth-order valence-electron chi connectivity index (χ4n) is 2.95. The van der Waals surface area contributed by atoms with Crippen molar-refractivity contribution < 1.29 is 4.74 Å². The van der Waals surface area contributed by atoms with Crippen molar-refractivity contribution in [1.29, 1.82) is 0 Å². The Morgan fingerprint density at radius 3 is 2.76 bits per heavy atom. The van der Waals surface area contributed by atoms with Gasteiger partial charge in [-0.1, -0.05) is 24.3 Å². The lowest BCUT2D eigenvalue weighted by Crippen LogP contribution is -2.30. The lowest BCUT2D eigenvalue weighted by molar-refractivity contribution is 0.239. The normalized spacial score (nSPS) is 14.7. The van der Waals surface area contributed by atoms with Crippen molar-refractivity contribution in [2.45, 2.75) is 26.4 Å². The summed E-state index contributed by atoms with van der Waals surface area (Å²) in [6, 6.07) is 14.6. The molecule has 0 aromatic heterocycles. The van der Waals surface area contributed by atoms with Crippen LogP contribution in [0.15, 0.2) is 42.5 Å². The second kappa shape index (κ2) is 6.19. The highest BCUT2D eigenvalue weighted by Gasteiger charge is 2.17.